The molecule has 0 bridgehead atoms. The second-order valence-corrected chi connectivity index (χ2v) is 8.83. The SMILES string of the molecule is COc1ccc2cc(CN(CCCN(C)C)C(=S)NC3CCCCC3)c(=O)[nH]c2c1. The minimum Gasteiger partial charge on any atom is -0.497 e. The zero-order valence-corrected chi connectivity index (χ0v) is 19.2. The van der Waals surface area contributed by atoms with Gasteiger partial charge in [-0.25, -0.2) is 0 Å². The second-order valence-electron chi connectivity index (χ2n) is 8.44. The summed E-state index contributed by atoms with van der Waals surface area (Å²) in [7, 11) is 5.77. The van der Waals surface area contributed by atoms with Crippen LogP contribution in [-0.2, 0) is 6.54 Å². The first kappa shape index (κ1) is 22.6. The van der Waals surface area contributed by atoms with Crippen molar-refractivity contribution in [2.75, 3.05) is 34.3 Å². The molecule has 2 aromatic rings. The minimum absolute atomic E-state index is 0.0752. The topological polar surface area (TPSA) is 60.6 Å². The van der Waals surface area contributed by atoms with Gasteiger partial charge in [0.25, 0.3) is 5.56 Å². The van der Waals surface area contributed by atoms with Crippen LogP contribution in [0.25, 0.3) is 10.9 Å². The third kappa shape index (κ3) is 6.19. The Morgan fingerprint density at radius 1 is 1.20 bits per heavy atom. The standard InChI is InChI=1S/C23H34N4O2S/c1-26(2)12-7-13-27(23(30)24-19-8-5-4-6-9-19)16-18-14-17-10-11-20(29-3)15-21(17)25-22(18)28/h10-11,14-15,19H,4-9,12-13,16H2,1-3H3,(H,24,30)(H,25,28). The van der Waals surface area contributed by atoms with Gasteiger partial charge in [-0.05, 0) is 75.7 Å². The monoisotopic (exact) mass is 430 g/mol. The molecule has 0 saturated heterocycles. The molecule has 0 atom stereocenters. The van der Waals surface area contributed by atoms with Gasteiger partial charge in [-0.15, -0.1) is 0 Å². The fourth-order valence-corrected chi connectivity index (χ4v) is 4.34. The van der Waals surface area contributed by atoms with Crippen molar-refractivity contribution in [2.45, 2.75) is 51.1 Å². The van der Waals surface area contributed by atoms with Gasteiger partial charge < -0.3 is 24.8 Å². The average Bonchev–Trinajstić information content (AvgIpc) is 2.73. The smallest absolute Gasteiger partial charge is 0.253 e. The summed E-state index contributed by atoms with van der Waals surface area (Å²) in [6, 6.07) is 8.15. The third-order valence-corrected chi connectivity index (χ3v) is 6.12. The van der Waals surface area contributed by atoms with Crippen LogP contribution in [0.2, 0.25) is 0 Å². The van der Waals surface area contributed by atoms with Gasteiger partial charge in [-0.2, -0.15) is 0 Å². The molecule has 0 radical (unpaired) electrons. The second kappa shape index (κ2) is 10.8. The van der Waals surface area contributed by atoms with Gasteiger partial charge in [0.05, 0.1) is 19.2 Å². The molecule has 0 spiro atoms. The molecule has 0 aliphatic heterocycles. The Kier molecular flexibility index (Phi) is 8.10. The maximum Gasteiger partial charge on any atom is 0.253 e. The maximum absolute atomic E-state index is 12.8. The molecule has 1 aliphatic rings. The zero-order chi connectivity index (χ0) is 21.5. The summed E-state index contributed by atoms with van der Waals surface area (Å²) in [6.45, 7) is 2.30. The molecule has 1 fully saturated rings. The number of fused-ring (bicyclic) bond motifs is 1. The van der Waals surface area contributed by atoms with Crippen LogP contribution in [0.15, 0.2) is 29.1 Å². The lowest BCUT2D eigenvalue weighted by molar-refractivity contribution is 0.330. The highest BCUT2D eigenvalue weighted by atomic mass is 32.1. The molecular weight excluding hydrogens is 396 g/mol. The molecule has 164 valence electrons. The Morgan fingerprint density at radius 3 is 2.67 bits per heavy atom. The summed E-state index contributed by atoms with van der Waals surface area (Å²) in [5.41, 5.74) is 1.43. The lowest BCUT2D eigenvalue weighted by atomic mass is 9.96. The molecule has 1 aromatic heterocycles. The number of H-pyrrole nitrogens is 1. The molecule has 7 heteroatoms. The zero-order valence-electron chi connectivity index (χ0n) is 18.4. The highest BCUT2D eigenvalue weighted by Gasteiger charge is 2.18. The predicted octanol–water partition coefficient (Wildman–Crippen LogP) is 3.50. The molecule has 1 aliphatic carbocycles. The van der Waals surface area contributed by atoms with Gasteiger partial charge in [0.15, 0.2) is 5.11 Å². The summed E-state index contributed by atoms with van der Waals surface area (Å²) >= 11 is 5.78. The van der Waals surface area contributed by atoms with E-state index in [4.69, 9.17) is 17.0 Å². The van der Waals surface area contributed by atoms with Crippen molar-refractivity contribution in [3.63, 3.8) is 0 Å². The maximum atomic E-state index is 12.8. The lowest BCUT2D eigenvalue weighted by Crippen LogP contribution is -2.46. The number of ether oxygens (including phenoxy) is 1. The minimum atomic E-state index is -0.0752. The average molecular weight is 431 g/mol. The van der Waals surface area contributed by atoms with Gasteiger partial charge in [0.2, 0.25) is 0 Å². The first-order valence-electron chi connectivity index (χ1n) is 10.9. The Bertz CT molecular complexity index is 906. The summed E-state index contributed by atoms with van der Waals surface area (Å²) in [5, 5.41) is 5.31. The molecule has 1 aromatic carbocycles. The van der Waals surface area contributed by atoms with E-state index in [0.29, 0.717) is 12.6 Å². The number of aromatic amines is 1. The molecule has 3 rings (SSSR count). The fraction of sp³-hybridized carbons (Fsp3) is 0.565. The third-order valence-electron chi connectivity index (χ3n) is 5.74. The van der Waals surface area contributed by atoms with Crippen LogP contribution in [-0.4, -0.2) is 60.2 Å². The van der Waals surface area contributed by atoms with E-state index >= 15 is 0 Å². The van der Waals surface area contributed by atoms with E-state index in [1.54, 1.807) is 7.11 Å². The molecule has 0 amide bonds. The van der Waals surface area contributed by atoms with Crippen molar-refractivity contribution in [3.8, 4) is 5.75 Å². The van der Waals surface area contributed by atoms with Crippen LogP contribution in [0.4, 0.5) is 0 Å². The summed E-state index contributed by atoms with van der Waals surface area (Å²) in [4.78, 5) is 20.1. The van der Waals surface area contributed by atoms with Gasteiger partial charge >= 0.3 is 0 Å². The lowest BCUT2D eigenvalue weighted by Gasteiger charge is -2.31. The van der Waals surface area contributed by atoms with Crippen LogP contribution in [0.1, 0.15) is 44.1 Å². The van der Waals surface area contributed by atoms with Crippen molar-refractivity contribution >= 4 is 28.2 Å². The van der Waals surface area contributed by atoms with Gasteiger partial charge in [0.1, 0.15) is 5.75 Å². The van der Waals surface area contributed by atoms with Crippen LogP contribution in [0.3, 0.4) is 0 Å². The molecule has 2 N–H and O–H groups in total. The van der Waals surface area contributed by atoms with Crippen molar-refractivity contribution in [1.82, 2.24) is 20.1 Å². The normalized spacial score (nSPS) is 14.8. The van der Waals surface area contributed by atoms with E-state index in [1.165, 1.54) is 32.1 Å². The molecule has 0 unspecified atom stereocenters. The highest BCUT2D eigenvalue weighted by molar-refractivity contribution is 7.80. The van der Waals surface area contributed by atoms with Crippen LogP contribution < -0.4 is 15.6 Å². The van der Waals surface area contributed by atoms with Gasteiger partial charge in [0, 0.05) is 24.2 Å². The molecule has 1 saturated carbocycles. The number of benzene rings is 1. The Balaban J connectivity index is 1.77. The van der Waals surface area contributed by atoms with E-state index in [1.807, 2.05) is 24.3 Å². The van der Waals surface area contributed by atoms with Crippen molar-refractivity contribution in [3.05, 3.63) is 40.2 Å². The predicted molar refractivity (Wildman–Crippen MR) is 127 cm³/mol. The van der Waals surface area contributed by atoms with Crippen molar-refractivity contribution < 1.29 is 4.74 Å². The van der Waals surface area contributed by atoms with Crippen molar-refractivity contribution in [1.29, 1.82) is 0 Å². The molecular formula is C23H34N4O2S. The number of aromatic nitrogens is 1. The number of pyridine rings is 1. The summed E-state index contributed by atoms with van der Waals surface area (Å²) < 4.78 is 5.26. The highest BCUT2D eigenvalue weighted by Crippen LogP contribution is 2.20. The summed E-state index contributed by atoms with van der Waals surface area (Å²) in [5.74, 6) is 0.731. The number of methoxy groups -OCH3 is 1. The Morgan fingerprint density at radius 2 is 1.97 bits per heavy atom. The Hall–Kier alpha value is -2.12. The molecule has 1 heterocycles. The number of nitrogens with one attached hydrogen (secondary N) is 2. The van der Waals surface area contributed by atoms with E-state index in [9.17, 15) is 4.79 Å². The van der Waals surface area contributed by atoms with E-state index < -0.39 is 0 Å². The largest absolute Gasteiger partial charge is 0.497 e. The number of nitrogens with zero attached hydrogens (tertiary/aromatic N) is 2. The van der Waals surface area contributed by atoms with Crippen LogP contribution in [0.5, 0.6) is 5.75 Å². The van der Waals surface area contributed by atoms with Gasteiger partial charge in [-0.3, -0.25) is 4.79 Å². The first-order valence-corrected chi connectivity index (χ1v) is 11.3. The quantitative estimate of drug-likeness (QED) is 0.625. The Labute approximate surface area is 184 Å². The van der Waals surface area contributed by atoms with Crippen molar-refractivity contribution in [2.24, 2.45) is 0 Å². The number of thiocarbonyl (C=S) groups is 1. The van der Waals surface area contributed by atoms with E-state index in [-0.39, 0.29) is 5.56 Å². The molecule has 30 heavy (non-hydrogen) atoms. The first-order chi connectivity index (χ1) is 14.5. The van der Waals surface area contributed by atoms with Crippen LogP contribution in [0, 0.1) is 0 Å². The number of rotatable bonds is 8. The van der Waals surface area contributed by atoms with E-state index in [2.05, 4.69) is 34.2 Å². The number of hydrogen-bond donors (Lipinski definition) is 2. The van der Waals surface area contributed by atoms with E-state index in [0.717, 1.165) is 46.8 Å². The van der Waals surface area contributed by atoms with Crippen LogP contribution >= 0.6 is 12.2 Å². The van der Waals surface area contributed by atoms with Gasteiger partial charge in [-0.1, -0.05) is 19.3 Å². The molecule has 6 nitrogen and oxygen atoms in total. The summed E-state index contributed by atoms with van der Waals surface area (Å²) in [6.07, 6.45) is 7.16. The number of hydrogen-bond acceptors (Lipinski definition) is 4. The fourth-order valence-electron chi connectivity index (χ4n) is 4.02.